The van der Waals surface area contributed by atoms with Gasteiger partial charge in [-0.3, -0.25) is 4.79 Å². The topological polar surface area (TPSA) is 71.2 Å². The Balaban J connectivity index is 1.69. The van der Waals surface area contributed by atoms with Crippen molar-refractivity contribution in [1.29, 1.82) is 0 Å². The molecule has 2 unspecified atom stereocenters. The SMILES string of the molecule is NC(Cc1cc(F)c(F)cc1F)C(F)(F)C(=O)N1CCCC1CNc1ncccc1F. The van der Waals surface area contributed by atoms with Crippen LogP contribution in [0, 0.1) is 23.3 Å². The van der Waals surface area contributed by atoms with Crippen LogP contribution in [0.25, 0.3) is 0 Å². The van der Waals surface area contributed by atoms with E-state index in [1.54, 1.807) is 0 Å². The first kappa shape index (κ1) is 22.9. The monoisotopic (exact) mass is 446 g/mol. The number of nitrogens with two attached hydrogens (primary N) is 1. The van der Waals surface area contributed by atoms with Crippen molar-refractivity contribution < 1.29 is 31.1 Å². The molecule has 0 spiro atoms. The number of carbonyl (C=O) groups excluding carboxylic acids is 1. The fourth-order valence-corrected chi connectivity index (χ4v) is 3.48. The normalized spacial score (nSPS) is 17.6. The van der Waals surface area contributed by atoms with E-state index < -0.39 is 59.2 Å². The average Bonchev–Trinajstić information content (AvgIpc) is 3.19. The van der Waals surface area contributed by atoms with Gasteiger partial charge in [-0.15, -0.1) is 0 Å². The van der Waals surface area contributed by atoms with Gasteiger partial charge < -0.3 is 16.0 Å². The summed E-state index contributed by atoms with van der Waals surface area (Å²) in [7, 11) is 0. The van der Waals surface area contributed by atoms with Crippen LogP contribution in [0.1, 0.15) is 18.4 Å². The molecule has 1 amide bonds. The number of benzene rings is 1. The third kappa shape index (κ3) is 4.92. The number of nitrogens with one attached hydrogen (secondary N) is 1. The summed E-state index contributed by atoms with van der Waals surface area (Å²) >= 11 is 0. The Hall–Kier alpha value is -2.82. The Morgan fingerprint density at radius 3 is 2.61 bits per heavy atom. The number of carbonyl (C=O) groups is 1. The van der Waals surface area contributed by atoms with Crippen molar-refractivity contribution in [1.82, 2.24) is 9.88 Å². The lowest BCUT2D eigenvalue weighted by Gasteiger charge is -2.31. The van der Waals surface area contributed by atoms with Crippen molar-refractivity contribution in [2.24, 2.45) is 5.73 Å². The van der Waals surface area contributed by atoms with Crippen LogP contribution < -0.4 is 11.1 Å². The fraction of sp³-hybridized carbons (Fsp3) is 0.400. The van der Waals surface area contributed by atoms with Gasteiger partial charge in [-0.25, -0.2) is 22.5 Å². The number of amides is 1. The van der Waals surface area contributed by atoms with Crippen LogP contribution in [0.2, 0.25) is 0 Å². The maximum atomic E-state index is 14.8. The van der Waals surface area contributed by atoms with Crippen LogP contribution in [-0.4, -0.2) is 46.9 Å². The summed E-state index contributed by atoms with van der Waals surface area (Å²) in [6.45, 7) is 0.0283. The van der Waals surface area contributed by atoms with Gasteiger partial charge in [0.1, 0.15) is 5.82 Å². The Morgan fingerprint density at radius 1 is 1.19 bits per heavy atom. The molecular formula is C20H20F6N4O. The Labute approximate surface area is 174 Å². The minimum Gasteiger partial charge on any atom is -0.366 e. The third-order valence-corrected chi connectivity index (χ3v) is 5.18. The van der Waals surface area contributed by atoms with Crippen molar-refractivity contribution in [3.05, 3.63) is 59.3 Å². The zero-order valence-electron chi connectivity index (χ0n) is 16.2. The van der Waals surface area contributed by atoms with Crippen LogP contribution in [0.3, 0.4) is 0 Å². The first-order chi connectivity index (χ1) is 14.6. The summed E-state index contributed by atoms with van der Waals surface area (Å²) in [5.41, 5.74) is 4.92. The molecule has 5 nitrogen and oxygen atoms in total. The van der Waals surface area contributed by atoms with Crippen molar-refractivity contribution in [2.75, 3.05) is 18.4 Å². The largest absolute Gasteiger partial charge is 0.366 e. The molecule has 1 aromatic carbocycles. The summed E-state index contributed by atoms with van der Waals surface area (Å²) in [6.07, 6.45) is 1.33. The van der Waals surface area contributed by atoms with E-state index in [2.05, 4.69) is 10.3 Å². The summed E-state index contributed by atoms with van der Waals surface area (Å²) in [4.78, 5) is 17.3. The predicted molar refractivity (Wildman–Crippen MR) is 100 cm³/mol. The van der Waals surface area contributed by atoms with Gasteiger partial charge >= 0.3 is 5.92 Å². The molecule has 1 aliphatic rings. The number of likely N-dealkylation sites (tertiary alicyclic amines) is 1. The van der Waals surface area contributed by atoms with Crippen molar-refractivity contribution in [2.45, 2.75) is 37.3 Å². The minimum atomic E-state index is -4.09. The van der Waals surface area contributed by atoms with Gasteiger partial charge in [0.25, 0.3) is 5.91 Å². The number of halogens is 6. The highest BCUT2D eigenvalue weighted by Gasteiger charge is 2.50. The smallest absolute Gasteiger partial charge is 0.339 e. The molecule has 3 N–H and O–H groups in total. The van der Waals surface area contributed by atoms with Gasteiger partial charge in [0.05, 0.1) is 6.04 Å². The van der Waals surface area contributed by atoms with E-state index in [1.807, 2.05) is 0 Å². The highest BCUT2D eigenvalue weighted by atomic mass is 19.3. The van der Waals surface area contributed by atoms with Crippen LogP contribution >= 0.6 is 0 Å². The molecule has 2 atom stereocenters. The number of pyridine rings is 1. The van der Waals surface area contributed by atoms with E-state index in [0.29, 0.717) is 18.9 Å². The minimum absolute atomic E-state index is 0.0111. The van der Waals surface area contributed by atoms with E-state index >= 15 is 0 Å². The quantitative estimate of drug-likeness (QED) is 0.506. The zero-order valence-corrected chi connectivity index (χ0v) is 16.2. The van der Waals surface area contributed by atoms with E-state index in [9.17, 15) is 31.1 Å². The Bertz CT molecular complexity index is 957. The van der Waals surface area contributed by atoms with E-state index in [0.717, 1.165) is 4.90 Å². The standard InChI is InChI=1S/C20H20F6N4O/c21-13-4-1-5-28-18(13)29-10-12-3-2-6-30(12)19(31)20(25,26)17(27)8-11-7-15(23)16(24)9-14(11)22/h1,4-5,7,9,12,17H,2-3,6,8,10,27H2,(H,28,29). The Morgan fingerprint density at radius 2 is 1.90 bits per heavy atom. The average molecular weight is 446 g/mol. The number of nitrogens with zero attached hydrogens (tertiary/aromatic N) is 2. The lowest BCUT2D eigenvalue weighted by Crippen LogP contribution is -2.56. The maximum absolute atomic E-state index is 14.8. The molecule has 2 aromatic rings. The van der Waals surface area contributed by atoms with Crippen LogP contribution in [-0.2, 0) is 11.2 Å². The Kier molecular flexibility index (Phi) is 6.73. The number of alkyl halides is 2. The van der Waals surface area contributed by atoms with E-state index in [-0.39, 0.29) is 25.0 Å². The molecule has 31 heavy (non-hydrogen) atoms. The van der Waals surface area contributed by atoms with E-state index in [1.165, 1.54) is 18.3 Å². The van der Waals surface area contributed by atoms with Gasteiger partial charge in [-0.1, -0.05) is 0 Å². The highest BCUT2D eigenvalue weighted by Crippen LogP contribution is 2.29. The molecule has 168 valence electrons. The molecule has 0 radical (unpaired) electrons. The van der Waals surface area contributed by atoms with Gasteiger partial charge in [0, 0.05) is 31.4 Å². The molecule has 1 saturated heterocycles. The number of aromatic nitrogens is 1. The molecule has 11 heteroatoms. The number of anilines is 1. The lowest BCUT2D eigenvalue weighted by molar-refractivity contribution is -0.161. The second kappa shape index (κ2) is 9.13. The summed E-state index contributed by atoms with van der Waals surface area (Å²) in [5.74, 6) is -10.5. The number of hydrogen-bond acceptors (Lipinski definition) is 4. The highest BCUT2D eigenvalue weighted by molar-refractivity contribution is 5.85. The number of rotatable bonds is 7. The molecule has 1 aliphatic heterocycles. The second-order valence-corrected chi connectivity index (χ2v) is 7.30. The molecule has 1 aromatic heterocycles. The zero-order chi connectivity index (χ0) is 22.8. The fourth-order valence-electron chi connectivity index (χ4n) is 3.48. The van der Waals surface area contributed by atoms with Gasteiger partial charge in [-0.2, -0.15) is 8.78 Å². The first-order valence-corrected chi connectivity index (χ1v) is 9.53. The van der Waals surface area contributed by atoms with Gasteiger partial charge in [0.2, 0.25) is 0 Å². The molecule has 0 aliphatic carbocycles. The molecule has 1 fully saturated rings. The summed E-state index contributed by atoms with van der Waals surface area (Å²) in [5, 5.41) is 2.70. The van der Waals surface area contributed by atoms with Crippen molar-refractivity contribution in [3.63, 3.8) is 0 Å². The molecule has 0 bridgehead atoms. The van der Waals surface area contributed by atoms with Crippen LogP contribution in [0.5, 0.6) is 0 Å². The summed E-state index contributed by atoms with van der Waals surface area (Å²) in [6, 6.07) is 0.417. The van der Waals surface area contributed by atoms with Gasteiger partial charge in [-0.05, 0) is 43.0 Å². The van der Waals surface area contributed by atoms with Crippen LogP contribution in [0.4, 0.5) is 32.2 Å². The second-order valence-electron chi connectivity index (χ2n) is 7.30. The number of hydrogen-bond donors (Lipinski definition) is 2. The predicted octanol–water partition coefficient (Wildman–Crippen LogP) is 3.25. The molecule has 0 saturated carbocycles. The van der Waals surface area contributed by atoms with Crippen LogP contribution in [0.15, 0.2) is 30.5 Å². The van der Waals surface area contributed by atoms with E-state index in [4.69, 9.17) is 5.73 Å². The van der Waals surface area contributed by atoms with Crippen molar-refractivity contribution >= 4 is 11.7 Å². The lowest BCUT2D eigenvalue weighted by atomic mass is 9.99. The molecular weight excluding hydrogens is 426 g/mol. The molecule has 2 heterocycles. The third-order valence-electron chi connectivity index (χ3n) is 5.18. The first-order valence-electron chi connectivity index (χ1n) is 9.53. The summed E-state index contributed by atoms with van der Waals surface area (Å²) < 4.78 is 83.4. The maximum Gasteiger partial charge on any atom is 0.339 e. The van der Waals surface area contributed by atoms with Gasteiger partial charge in [0.15, 0.2) is 23.3 Å². The van der Waals surface area contributed by atoms with Crippen molar-refractivity contribution in [3.8, 4) is 0 Å². The molecule has 3 rings (SSSR count).